The summed E-state index contributed by atoms with van der Waals surface area (Å²) >= 11 is 1.44. The molecule has 0 aliphatic rings. The number of benzene rings is 1. The highest BCUT2D eigenvalue weighted by Gasteiger charge is 2.14. The van der Waals surface area contributed by atoms with Crippen molar-refractivity contribution in [3.8, 4) is 16.3 Å². The lowest BCUT2D eigenvalue weighted by molar-refractivity contribution is -0.119. The van der Waals surface area contributed by atoms with Crippen LogP contribution < -0.4 is 15.8 Å². The molecule has 5 nitrogen and oxygen atoms in total. The maximum atomic E-state index is 11.9. The molecule has 2 aromatic rings. The van der Waals surface area contributed by atoms with Gasteiger partial charge < -0.3 is 15.8 Å². The van der Waals surface area contributed by atoms with Crippen LogP contribution in [0.3, 0.4) is 0 Å². The Hall–Kier alpha value is -1.92. The van der Waals surface area contributed by atoms with E-state index in [-0.39, 0.29) is 11.8 Å². The zero-order valence-corrected chi connectivity index (χ0v) is 12.9. The third-order valence-electron chi connectivity index (χ3n) is 3.12. The largest absolute Gasteiger partial charge is 0.497 e. The Bertz CT molecular complexity index is 612. The summed E-state index contributed by atoms with van der Waals surface area (Å²) in [4.78, 5) is 16.3. The van der Waals surface area contributed by atoms with Crippen LogP contribution in [0.25, 0.3) is 10.6 Å². The van der Waals surface area contributed by atoms with Gasteiger partial charge in [0.25, 0.3) is 0 Å². The molecule has 0 fully saturated rings. The maximum absolute atomic E-state index is 11.9. The van der Waals surface area contributed by atoms with Crippen LogP contribution in [0.4, 0.5) is 5.00 Å². The van der Waals surface area contributed by atoms with Crippen LogP contribution >= 0.6 is 11.3 Å². The molecule has 2 rings (SSSR count). The van der Waals surface area contributed by atoms with Gasteiger partial charge >= 0.3 is 0 Å². The molecule has 0 saturated heterocycles. The van der Waals surface area contributed by atoms with E-state index in [9.17, 15) is 4.79 Å². The van der Waals surface area contributed by atoms with E-state index in [4.69, 9.17) is 10.5 Å². The van der Waals surface area contributed by atoms with E-state index in [1.165, 1.54) is 11.3 Å². The standard InChI is InChI=1S/C15H19N3O2S/c1-10(6-7-16)14(19)18-13-9-17-15(21-13)11-4-3-5-12(8-11)20-2/h3-5,8-10H,6-7,16H2,1-2H3,(H,18,19)/t10-/m0/s1. The Balaban J connectivity index is 2.09. The Kier molecular flexibility index (Phi) is 5.30. The first-order chi connectivity index (χ1) is 10.1. The highest BCUT2D eigenvalue weighted by Crippen LogP contribution is 2.30. The van der Waals surface area contributed by atoms with Gasteiger partial charge in [0.1, 0.15) is 15.8 Å². The number of amides is 1. The summed E-state index contributed by atoms with van der Waals surface area (Å²) in [6.07, 6.45) is 2.35. The van der Waals surface area contributed by atoms with Crippen molar-refractivity contribution < 1.29 is 9.53 Å². The number of rotatable bonds is 6. The SMILES string of the molecule is COc1cccc(-c2ncc(NC(=O)[C@@H](C)CCN)s2)c1. The Morgan fingerprint density at radius 1 is 1.52 bits per heavy atom. The summed E-state index contributed by atoms with van der Waals surface area (Å²) in [6, 6.07) is 7.68. The van der Waals surface area contributed by atoms with Crippen molar-refractivity contribution in [2.45, 2.75) is 13.3 Å². The van der Waals surface area contributed by atoms with Gasteiger partial charge in [-0.2, -0.15) is 0 Å². The van der Waals surface area contributed by atoms with E-state index >= 15 is 0 Å². The number of methoxy groups -OCH3 is 1. The van der Waals surface area contributed by atoms with Crippen LogP contribution in [0.5, 0.6) is 5.75 Å². The number of nitrogens with two attached hydrogens (primary N) is 1. The highest BCUT2D eigenvalue weighted by molar-refractivity contribution is 7.19. The zero-order valence-electron chi connectivity index (χ0n) is 12.1. The summed E-state index contributed by atoms with van der Waals surface area (Å²) in [6.45, 7) is 2.37. The van der Waals surface area contributed by atoms with Gasteiger partial charge in [-0.15, -0.1) is 0 Å². The lowest BCUT2D eigenvalue weighted by Crippen LogP contribution is -2.22. The molecule has 0 bridgehead atoms. The molecule has 3 N–H and O–H groups in total. The molecule has 0 radical (unpaired) electrons. The quantitative estimate of drug-likeness (QED) is 0.860. The van der Waals surface area contributed by atoms with E-state index in [0.29, 0.717) is 13.0 Å². The van der Waals surface area contributed by atoms with Gasteiger partial charge in [0.05, 0.1) is 13.3 Å². The minimum Gasteiger partial charge on any atom is -0.497 e. The van der Waals surface area contributed by atoms with Crippen LogP contribution in [-0.2, 0) is 4.79 Å². The van der Waals surface area contributed by atoms with E-state index in [0.717, 1.165) is 21.3 Å². The average Bonchev–Trinajstić information content (AvgIpc) is 2.96. The summed E-state index contributed by atoms with van der Waals surface area (Å²) in [5.41, 5.74) is 6.43. The molecule has 0 unspecified atom stereocenters. The second kappa shape index (κ2) is 7.19. The number of aromatic nitrogens is 1. The van der Waals surface area contributed by atoms with Crippen LogP contribution in [-0.4, -0.2) is 24.5 Å². The summed E-state index contributed by atoms with van der Waals surface area (Å²) in [5, 5.41) is 4.46. The van der Waals surface area contributed by atoms with Gasteiger partial charge in [0.15, 0.2) is 0 Å². The van der Waals surface area contributed by atoms with Crippen molar-refractivity contribution in [3.05, 3.63) is 30.5 Å². The molecular weight excluding hydrogens is 286 g/mol. The summed E-state index contributed by atoms with van der Waals surface area (Å²) in [5.74, 6) is 0.656. The van der Waals surface area contributed by atoms with Gasteiger partial charge in [-0.05, 0) is 25.1 Å². The van der Waals surface area contributed by atoms with E-state index < -0.39 is 0 Å². The van der Waals surface area contributed by atoms with E-state index in [1.54, 1.807) is 13.3 Å². The molecule has 112 valence electrons. The monoisotopic (exact) mass is 305 g/mol. The van der Waals surface area contributed by atoms with Crippen LogP contribution in [0.15, 0.2) is 30.5 Å². The number of anilines is 1. The lowest BCUT2D eigenvalue weighted by Gasteiger charge is -2.08. The molecule has 1 aromatic heterocycles. The summed E-state index contributed by atoms with van der Waals surface area (Å²) in [7, 11) is 1.63. The maximum Gasteiger partial charge on any atom is 0.227 e. The molecule has 1 aromatic carbocycles. The number of carbonyl (C=O) groups is 1. The normalized spacial score (nSPS) is 12.0. The van der Waals surface area contributed by atoms with Crippen molar-refractivity contribution in [2.24, 2.45) is 11.7 Å². The fourth-order valence-corrected chi connectivity index (χ4v) is 2.66. The number of hydrogen-bond acceptors (Lipinski definition) is 5. The van der Waals surface area contributed by atoms with Gasteiger partial charge in [-0.3, -0.25) is 4.79 Å². The van der Waals surface area contributed by atoms with Gasteiger partial charge in [0, 0.05) is 11.5 Å². The second-order valence-electron chi connectivity index (χ2n) is 4.73. The van der Waals surface area contributed by atoms with Crippen LogP contribution in [0, 0.1) is 5.92 Å². The fourth-order valence-electron chi connectivity index (χ4n) is 1.85. The van der Waals surface area contributed by atoms with Crippen molar-refractivity contribution in [2.75, 3.05) is 19.0 Å². The number of hydrogen-bond donors (Lipinski definition) is 2. The Morgan fingerprint density at radius 3 is 3.05 bits per heavy atom. The predicted octanol–water partition coefficient (Wildman–Crippen LogP) is 2.74. The third kappa shape index (κ3) is 4.03. The minimum absolute atomic E-state index is 0.0266. The first-order valence-electron chi connectivity index (χ1n) is 6.75. The Morgan fingerprint density at radius 2 is 2.33 bits per heavy atom. The fraction of sp³-hybridized carbons (Fsp3) is 0.333. The number of thiazole rings is 1. The van der Waals surface area contributed by atoms with Gasteiger partial charge in [-0.1, -0.05) is 30.4 Å². The van der Waals surface area contributed by atoms with E-state index in [2.05, 4.69) is 10.3 Å². The number of carbonyl (C=O) groups excluding carboxylic acids is 1. The smallest absolute Gasteiger partial charge is 0.227 e. The molecular formula is C15H19N3O2S. The molecule has 0 saturated carbocycles. The first kappa shape index (κ1) is 15.5. The second-order valence-corrected chi connectivity index (χ2v) is 5.76. The van der Waals surface area contributed by atoms with Crippen LogP contribution in [0.2, 0.25) is 0 Å². The highest BCUT2D eigenvalue weighted by atomic mass is 32.1. The molecule has 0 aliphatic carbocycles. The number of nitrogens with one attached hydrogen (secondary N) is 1. The molecule has 1 atom stereocenters. The topological polar surface area (TPSA) is 77.2 Å². The first-order valence-corrected chi connectivity index (χ1v) is 7.57. The Labute approximate surface area is 128 Å². The van der Waals surface area contributed by atoms with Crippen molar-refractivity contribution in [3.63, 3.8) is 0 Å². The molecule has 1 amide bonds. The molecule has 0 spiro atoms. The minimum atomic E-state index is -0.0997. The zero-order chi connectivity index (χ0) is 15.2. The van der Waals surface area contributed by atoms with Crippen molar-refractivity contribution in [1.29, 1.82) is 0 Å². The predicted molar refractivity (Wildman–Crippen MR) is 85.6 cm³/mol. The lowest BCUT2D eigenvalue weighted by atomic mass is 10.1. The molecule has 6 heteroatoms. The molecule has 0 aliphatic heterocycles. The van der Waals surface area contributed by atoms with E-state index in [1.807, 2.05) is 31.2 Å². The van der Waals surface area contributed by atoms with Gasteiger partial charge in [0.2, 0.25) is 5.91 Å². The molecule has 21 heavy (non-hydrogen) atoms. The summed E-state index contributed by atoms with van der Waals surface area (Å²) < 4.78 is 5.20. The third-order valence-corrected chi connectivity index (χ3v) is 4.08. The van der Waals surface area contributed by atoms with Crippen LogP contribution in [0.1, 0.15) is 13.3 Å². The number of nitrogens with zero attached hydrogens (tertiary/aromatic N) is 1. The molecule has 1 heterocycles. The van der Waals surface area contributed by atoms with Crippen molar-refractivity contribution in [1.82, 2.24) is 4.98 Å². The average molecular weight is 305 g/mol. The number of ether oxygens (including phenoxy) is 1. The van der Waals surface area contributed by atoms with Gasteiger partial charge in [-0.25, -0.2) is 4.98 Å². The van der Waals surface area contributed by atoms with Crippen molar-refractivity contribution >= 4 is 22.2 Å².